The van der Waals surface area contributed by atoms with Crippen molar-refractivity contribution in [3.63, 3.8) is 0 Å². The highest BCUT2D eigenvalue weighted by Gasteiger charge is 2.17. The molecule has 1 aliphatic rings. The smallest absolute Gasteiger partial charge is 0.308 e. The summed E-state index contributed by atoms with van der Waals surface area (Å²) in [5.74, 6) is 0.497. The monoisotopic (exact) mass is 318 g/mol. The van der Waals surface area contributed by atoms with Gasteiger partial charge in [-0.3, -0.25) is 4.79 Å². The predicted octanol–water partition coefficient (Wildman–Crippen LogP) is 3.46. The number of benzene rings is 1. The number of para-hydroxylation sites is 1. The molecule has 1 aliphatic heterocycles. The Labute approximate surface area is 133 Å². The summed E-state index contributed by atoms with van der Waals surface area (Å²) in [5.41, 5.74) is 1.02. The first-order valence-electron chi connectivity index (χ1n) is 7.33. The molecule has 0 radical (unpaired) electrons. The van der Waals surface area contributed by atoms with Crippen LogP contribution in [-0.2, 0) is 16.0 Å². The molecule has 0 saturated carbocycles. The number of ether oxygens (including phenoxy) is 2. The van der Waals surface area contributed by atoms with Crippen LogP contribution in [0.25, 0.3) is 10.4 Å². The van der Waals surface area contributed by atoms with E-state index in [1.807, 2.05) is 36.4 Å². The highest BCUT2D eigenvalue weighted by molar-refractivity contribution is 7.15. The van der Waals surface area contributed by atoms with E-state index < -0.39 is 5.97 Å². The van der Waals surface area contributed by atoms with Crippen LogP contribution in [-0.4, -0.2) is 30.9 Å². The van der Waals surface area contributed by atoms with Crippen LogP contribution >= 0.6 is 11.3 Å². The van der Waals surface area contributed by atoms with Crippen molar-refractivity contribution >= 4 is 17.3 Å². The molecule has 1 N–H and O–H groups in total. The van der Waals surface area contributed by atoms with Gasteiger partial charge >= 0.3 is 5.97 Å². The summed E-state index contributed by atoms with van der Waals surface area (Å²) in [4.78, 5) is 12.7. The molecule has 0 amide bonds. The summed E-state index contributed by atoms with van der Waals surface area (Å²) in [7, 11) is 0. The molecule has 1 aromatic carbocycles. The van der Waals surface area contributed by atoms with Crippen LogP contribution in [0.4, 0.5) is 0 Å². The molecule has 1 fully saturated rings. The van der Waals surface area contributed by atoms with Crippen LogP contribution in [0.2, 0.25) is 0 Å². The molecule has 3 rings (SSSR count). The van der Waals surface area contributed by atoms with Crippen molar-refractivity contribution in [1.82, 2.24) is 0 Å². The second-order valence-corrected chi connectivity index (χ2v) is 6.54. The fourth-order valence-electron chi connectivity index (χ4n) is 2.49. The Balaban J connectivity index is 1.75. The molecule has 116 valence electrons. The lowest BCUT2D eigenvalue weighted by molar-refractivity contribution is -0.136. The van der Waals surface area contributed by atoms with E-state index >= 15 is 0 Å². The molecular formula is C17H18O4S. The predicted molar refractivity (Wildman–Crippen MR) is 85.5 cm³/mol. The van der Waals surface area contributed by atoms with Crippen molar-refractivity contribution in [3.8, 4) is 16.2 Å². The topological polar surface area (TPSA) is 55.8 Å². The molecule has 1 aromatic heterocycles. The summed E-state index contributed by atoms with van der Waals surface area (Å²) in [6.07, 6.45) is 1.11. The van der Waals surface area contributed by atoms with Crippen molar-refractivity contribution in [2.24, 2.45) is 5.92 Å². The molecular weight excluding hydrogens is 300 g/mol. The zero-order valence-corrected chi connectivity index (χ0v) is 13.0. The van der Waals surface area contributed by atoms with Gasteiger partial charge in [0.15, 0.2) is 0 Å². The van der Waals surface area contributed by atoms with Crippen molar-refractivity contribution in [1.29, 1.82) is 0 Å². The third-order valence-electron chi connectivity index (χ3n) is 3.64. The molecule has 1 saturated heterocycles. The van der Waals surface area contributed by atoms with E-state index in [-0.39, 0.29) is 6.42 Å². The molecule has 0 spiro atoms. The number of carboxylic acid groups (broad SMARTS) is 1. The van der Waals surface area contributed by atoms with Crippen LogP contribution < -0.4 is 4.74 Å². The average molecular weight is 318 g/mol. The van der Waals surface area contributed by atoms with Gasteiger partial charge in [0.25, 0.3) is 0 Å². The maximum Gasteiger partial charge on any atom is 0.308 e. The SMILES string of the molecule is O=C(O)Cc1ccc(-c2ccccc2OCC2CCOC2)s1. The third kappa shape index (κ3) is 3.67. The number of rotatable bonds is 6. The summed E-state index contributed by atoms with van der Waals surface area (Å²) in [5, 5.41) is 8.88. The summed E-state index contributed by atoms with van der Waals surface area (Å²) in [6, 6.07) is 11.7. The van der Waals surface area contributed by atoms with Gasteiger partial charge in [-0.15, -0.1) is 11.3 Å². The minimum Gasteiger partial charge on any atom is -0.493 e. The average Bonchev–Trinajstić information content (AvgIpc) is 3.16. The Morgan fingerprint density at radius 3 is 2.95 bits per heavy atom. The summed E-state index contributed by atoms with van der Waals surface area (Å²) >= 11 is 1.50. The second-order valence-electron chi connectivity index (χ2n) is 5.37. The van der Waals surface area contributed by atoms with Crippen molar-refractivity contribution in [2.45, 2.75) is 12.8 Å². The lowest BCUT2D eigenvalue weighted by Crippen LogP contribution is -2.11. The van der Waals surface area contributed by atoms with E-state index in [2.05, 4.69) is 0 Å². The van der Waals surface area contributed by atoms with E-state index in [0.717, 1.165) is 40.7 Å². The number of hydrogen-bond acceptors (Lipinski definition) is 4. The van der Waals surface area contributed by atoms with Gasteiger partial charge in [-0.2, -0.15) is 0 Å². The quantitative estimate of drug-likeness (QED) is 0.886. The normalized spacial score (nSPS) is 17.5. The lowest BCUT2D eigenvalue weighted by atomic mass is 10.1. The summed E-state index contributed by atoms with van der Waals surface area (Å²) in [6.45, 7) is 2.24. The highest BCUT2D eigenvalue weighted by Crippen LogP contribution is 2.35. The van der Waals surface area contributed by atoms with Crippen LogP contribution in [0.15, 0.2) is 36.4 Å². The van der Waals surface area contributed by atoms with Crippen LogP contribution in [0.5, 0.6) is 5.75 Å². The van der Waals surface area contributed by atoms with Gasteiger partial charge in [-0.05, 0) is 30.7 Å². The molecule has 1 atom stereocenters. The number of hydrogen-bond donors (Lipinski definition) is 1. The first-order chi connectivity index (χ1) is 10.7. The van der Waals surface area contributed by atoms with Gasteiger partial charge in [0.2, 0.25) is 0 Å². The number of carbonyl (C=O) groups is 1. The van der Waals surface area contributed by atoms with E-state index in [1.165, 1.54) is 11.3 Å². The minimum absolute atomic E-state index is 0.0626. The maximum atomic E-state index is 10.8. The van der Waals surface area contributed by atoms with Gasteiger partial charge in [0.1, 0.15) is 5.75 Å². The molecule has 2 heterocycles. The van der Waals surface area contributed by atoms with E-state index in [0.29, 0.717) is 12.5 Å². The zero-order chi connectivity index (χ0) is 15.4. The summed E-state index contributed by atoms with van der Waals surface area (Å²) < 4.78 is 11.3. The van der Waals surface area contributed by atoms with Crippen LogP contribution in [0.1, 0.15) is 11.3 Å². The number of aliphatic carboxylic acids is 1. The molecule has 0 bridgehead atoms. The van der Waals surface area contributed by atoms with Gasteiger partial charge in [0, 0.05) is 27.8 Å². The standard InChI is InChI=1S/C17H18O4S/c18-17(19)9-13-5-6-16(22-13)14-3-1-2-4-15(14)21-11-12-7-8-20-10-12/h1-6,12H,7-11H2,(H,18,19). The van der Waals surface area contributed by atoms with Gasteiger partial charge < -0.3 is 14.6 Å². The second kappa shape index (κ2) is 6.94. The molecule has 0 aliphatic carbocycles. The van der Waals surface area contributed by atoms with E-state index in [4.69, 9.17) is 14.6 Å². The van der Waals surface area contributed by atoms with Crippen molar-refractivity contribution in [3.05, 3.63) is 41.3 Å². The lowest BCUT2D eigenvalue weighted by Gasteiger charge is -2.13. The Hall–Kier alpha value is -1.85. The number of carboxylic acids is 1. The first-order valence-corrected chi connectivity index (χ1v) is 8.14. The van der Waals surface area contributed by atoms with E-state index in [1.54, 1.807) is 0 Å². The number of thiophene rings is 1. The van der Waals surface area contributed by atoms with Gasteiger partial charge in [-0.25, -0.2) is 0 Å². The zero-order valence-electron chi connectivity index (χ0n) is 12.2. The Morgan fingerprint density at radius 1 is 1.32 bits per heavy atom. The Morgan fingerprint density at radius 2 is 2.18 bits per heavy atom. The highest BCUT2D eigenvalue weighted by atomic mass is 32.1. The maximum absolute atomic E-state index is 10.8. The van der Waals surface area contributed by atoms with Gasteiger partial charge in [-0.1, -0.05) is 12.1 Å². The first kappa shape index (κ1) is 15.1. The third-order valence-corrected chi connectivity index (χ3v) is 4.76. The molecule has 1 unspecified atom stereocenters. The van der Waals surface area contributed by atoms with Gasteiger partial charge in [0.05, 0.1) is 19.6 Å². The van der Waals surface area contributed by atoms with Crippen LogP contribution in [0.3, 0.4) is 0 Å². The molecule has 2 aromatic rings. The van der Waals surface area contributed by atoms with Crippen molar-refractivity contribution < 1.29 is 19.4 Å². The Bertz CT molecular complexity index is 644. The molecule has 5 heteroatoms. The molecule has 22 heavy (non-hydrogen) atoms. The van der Waals surface area contributed by atoms with E-state index in [9.17, 15) is 4.79 Å². The fraction of sp³-hybridized carbons (Fsp3) is 0.353. The van der Waals surface area contributed by atoms with Crippen LogP contribution in [0, 0.1) is 5.92 Å². The Kier molecular flexibility index (Phi) is 4.75. The largest absolute Gasteiger partial charge is 0.493 e. The molecule has 4 nitrogen and oxygen atoms in total. The van der Waals surface area contributed by atoms with Crippen molar-refractivity contribution in [2.75, 3.05) is 19.8 Å². The minimum atomic E-state index is -0.806. The fourth-order valence-corrected chi connectivity index (χ4v) is 3.51.